The maximum atomic E-state index is 12.2. The number of amides is 2. The summed E-state index contributed by atoms with van der Waals surface area (Å²) in [5, 5.41) is 5.73. The molecular formula is C15H13ClN2O2S. The molecule has 2 aromatic rings. The van der Waals surface area contributed by atoms with Crippen LogP contribution < -0.4 is 10.6 Å². The average molecular weight is 321 g/mol. The normalized spacial score (nSPS) is 10.0. The van der Waals surface area contributed by atoms with Crippen molar-refractivity contribution in [2.75, 3.05) is 10.6 Å². The van der Waals surface area contributed by atoms with Gasteiger partial charge in [0.25, 0.3) is 5.91 Å². The molecule has 4 nitrogen and oxygen atoms in total. The molecule has 0 bridgehead atoms. The van der Waals surface area contributed by atoms with Gasteiger partial charge in [-0.05, 0) is 36.4 Å². The highest BCUT2D eigenvalue weighted by atomic mass is 35.5. The lowest BCUT2D eigenvalue weighted by atomic mass is 10.2. The van der Waals surface area contributed by atoms with Crippen LogP contribution in [0.2, 0.25) is 5.02 Å². The van der Waals surface area contributed by atoms with Gasteiger partial charge in [0.1, 0.15) is 0 Å². The zero-order valence-corrected chi connectivity index (χ0v) is 12.8. The summed E-state index contributed by atoms with van der Waals surface area (Å²) >= 11 is 10.2. The van der Waals surface area contributed by atoms with Gasteiger partial charge in [0, 0.05) is 23.2 Å². The van der Waals surface area contributed by atoms with Gasteiger partial charge in [0.2, 0.25) is 5.91 Å². The fourth-order valence-corrected chi connectivity index (χ4v) is 2.17. The highest BCUT2D eigenvalue weighted by molar-refractivity contribution is 7.80. The molecule has 0 aromatic heterocycles. The SMILES string of the molecule is CC(=O)Nc1cccc(NC(=O)c2cc(S)ccc2Cl)c1. The van der Waals surface area contributed by atoms with Crippen molar-refractivity contribution in [1.29, 1.82) is 0 Å². The van der Waals surface area contributed by atoms with Crippen LogP contribution in [0.5, 0.6) is 0 Å². The van der Waals surface area contributed by atoms with Gasteiger partial charge < -0.3 is 10.6 Å². The van der Waals surface area contributed by atoms with Crippen LogP contribution in [0, 0.1) is 0 Å². The maximum absolute atomic E-state index is 12.2. The Kier molecular flexibility index (Phi) is 4.88. The first-order valence-electron chi connectivity index (χ1n) is 6.13. The van der Waals surface area contributed by atoms with Crippen LogP contribution in [0.25, 0.3) is 0 Å². The van der Waals surface area contributed by atoms with Gasteiger partial charge in [-0.1, -0.05) is 17.7 Å². The Morgan fingerprint density at radius 2 is 1.71 bits per heavy atom. The van der Waals surface area contributed by atoms with Crippen LogP contribution in [-0.2, 0) is 4.79 Å². The summed E-state index contributed by atoms with van der Waals surface area (Å²) in [7, 11) is 0. The Morgan fingerprint density at radius 1 is 1.05 bits per heavy atom. The number of hydrogen-bond donors (Lipinski definition) is 3. The molecule has 2 amide bonds. The van der Waals surface area contributed by atoms with Crippen molar-refractivity contribution in [2.24, 2.45) is 0 Å². The molecule has 0 fully saturated rings. The largest absolute Gasteiger partial charge is 0.326 e. The molecular weight excluding hydrogens is 308 g/mol. The fourth-order valence-electron chi connectivity index (χ4n) is 1.76. The number of carbonyl (C=O) groups is 2. The minimum Gasteiger partial charge on any atom is -0.326 e. The zero-order valence-electron chi connectivity index (χ0n) is 11.2. The smallest absolute Gasteiger partial charge is 0.257 e. The van der Waals surface area contributed by atoms with Crippen molar-refractivity contribution in [3.8, 4) is 0 Å². The molecule has 6 heteroatoms. The predicted molar refractivity (Wildman–Crippen MR) is 87.4 cm³/mol. The van der Waals surface area contributed by atoms with E-state index in [0.29, 0.717) is 26.9 Å². The van der Waals surface area contributed by atoms with Crippen molar-refractivity contribution in [2.45, 2.75) is 11.8 Å². The van der Waals surface area contributed by atoms with Gasteiger partial charge in [-0.3, -0.25) is 9.59 Å². The maximum Gasteiger partial charge on any atom is 0.257 e. The van der Waals surface area contributed by atoms with E-state index in [1.54, 1.807) is 42.5 Å². The van der Waals surface area contributed by atoms with Crippen LogP contribution in [0.4, 0.5) is 11.4 Å². The third kappa shape index (κ3) is 4.24. The number of hydrogen-bond acceptors (Lipinski definition) is 3. The third-order valence-corrected chi connectivity index (χ3v) is 3.24. The summed E-state index contributed by atoms with van der Waals surface area (Å²) < 4.78 is 0. The molecule has 0 spiro atoms. The van der Waals surface area contributed by atoms with Crippen molar-refractivity contribution < 1.29 is 9.59 Å². The van der Waals surface area contributed by atoms with E-state index in [9.17, 15) is 9.59 Å². The molecule has 0 aliphatic carbocycles. The molecule has 0 saturated heterocycles. The van der Waals surface area contributed by atoms with Gasteiger partial charge in [-0.2, -0.15) is 0 Å². The summed E-state index contributed by atoms with van der Waals surface area (Å²) in [6.07, 6.45) is 0. The number of rotatable bonds is 3. The van der Waals surface area contributed by atoms with Crippen molar-refractivity contribution in [1.82, 2.24) is 0 Å². The van der Waals surface area contributed by atoms with Crippen LogP contribution in [0.1, 0.15) is 17.3 Å². The van der Waals surface area contributed by atoms with E-state index in [2.05, 4.69) is 23.3 Å². The Labute approximate surface area is 132 Å². The van der Waals surface area contributed by atoms with Gasteiger partial charge in [-0.25, -0.2) is 0 Å². The summed E-state index contributed by atoms with van der Waals surface area (Å²) in [5.41, 5.74) is 1.51. The first-order valence-corrected chi connectivity index (χ1v) is 6.96. The number of thiol groups is 1. The first kappa shape index (κ1) is 15.4. The number of carbonyl (C=O) groups excluding carboxylic acids is 2. The Bertz CT molecular complexity index is 704. The second-order valence-corrected chi connectivity index (χ2v) is 5.30. The molecule has 0 aliphatic rings. The summed E-state index contributed by atoms with van der Waals surface area (Å²) in [6, 6.07) is 11.8. The minimum atomic E-state index is -0.337. The topological polar surface area (TPSA) is 58.2 Å². The fraction of sp³-hybridized carbons (Fsp3) is 0.0667. The Hall–Kier alpha value is -1.98. The number of nitrogens with one attached hydrogen (secondary N) is 2. The van der Waals surface area contributed by atoms with Crippen molar-refractivity contribution in [3.63, 3.8) is 0 Å². The molecule has 108 valence electrons. The molecule has 2 rings (SSSR count). The van der Waals surface area contributed by atoms with Crippen molar-refractivity contribution in [3.05, 3.63) is 53.1 Å². The van der Waals surface area contributed by atoms with Crippen LogP contribution in [-0.4, -0.2) is 11.8 Å². The lowest BCUT2D eigenvalue weighted by Gasteiger charge is -2.09. The molecule has 0 saturated carbocycles. The average Bonchev–Trinajstić information content (AvgIpc) is 2.41. The standard InChI is InChI=1S/C15H13ClN2O2S/c1-9(19)17-10-3-2-4-11(7-10)18-15(20)13-8-12(21)5-6-14(13)16/h2-8,21H,1H3,(H,17,19)(H,18,20). The second-order valence-electron chi connectivity index (χ2n) is 4.38. The van der Waals surface area contributed by atoms with Gasteiger partial charge >= 0.3 is 0 Å². The van der Waals surface area contributed by atoms with Gasteiger partial charge in [-0.15, -0.1) is 12.6 Å². The Morgan fingerprint density at radius 3 is 2.38 bits per heavy atom. The molecule has 0 radical (unpaired) electrons. The van der Waals surface area contributed by atoms with Crippen LogP contribution >= 0.6 is 24.2 Å². The molecule has 2 aromatic carbocycles. The highest BCUT2D eigenvalue weighted by Gasteiger charge is 2.11. The lowest BCUT2D eigenvalue weighted by molar-refractivity contribution is -0.114. The molecule has 0 heterocycles. The van der Waals surface area contributed by atoms with Gasteiger partial charge in [0.15, 0.2) is 0 Å². The zero-order chi connectivity index (χ0) is 15.4. The summed E-state index contributed by atoms with van der Waals surface area (Å²) in [4.78, 5) is 23.9. The number of halogens is 1. The van der Waals surface area contributed by atoms with Crippen LogP contribution in [0.15, 0.2) is 47.4 Å². The quantitative estimate of drug-likeness (QED) is 0.753. The van der Waals surface area contributed by atoms with E-state index >= 15 is 0 Å². The molecule has 21 heavy (non-hydrogen) atoms. The number of anilines is 2. The van der Waals surface area contributed by atoms with E-state index in [1.165, 1.54) is 6.92 Å². The van der Waals surface area contributed by atoms with Gasteiger partial charge in [0.05, 0.1) is 10.6 Å². The molecule has 0 aliphatic heterocycles. The number of benzene rings is 2. The third-order valence-electron chi connectivity index (χ3n) is 2.64. The van der Waals surface area contributed by atoms with E-state index < -0.39 is 0 Å². The Balaban J connectivity index is 2.19. The summed E-state index contributed by atoms with van der Waals surface area (Å²) in [6.45, 7) is 1.42. The van der Waals surface area contributed by atoms with E-state index in [0.717, 1.165) is 0 Å². The minimum absolute atomic E-state index is 0.177. The molecule has 0 atom stereocenters. The highest BCUT2D eigenvalue weighted by Crippen LogP contribution is 2.22. The first-order chi connectivity index (χ1) is 9.95. The molecule has 0 unspecified atom stereocenters. The predicted octanol–water partition coefficient (Wildman–Crippen LogP) is 3.84. The van der Waals surface area contributed by atoms with Crippen LogP contribution in [0.3, 0.4) is 0 Å². The molecule has 2 N–H and O–H groups in total. The monoisotopic (exact) mass is 320 g/mol. The summed E-state index contributed by atoms with van der Waals surface area (Å²) in [5.74, 6) is -0.514. The second kappa shape index (κ2) is 6.65. The van der Waals surface area contributed by atoms with E-state index in [1.807, 2.05) is 0 Å². The van der Waals surface area contributed by atoms with E-state index in [-0.39, 0.29) is 11.8 Å². The van der Waals surface area contributed by atoms with Crippen molar-refractivity contribution >= 4 is 47.4 Å². The lowest BCUT2D eigenvalue weighted by Crippen LogP contribution is -2.13. The van der Waals surface area contributed by atoms with E-state index in [4.69, 9.17) is 11.6 Å².